The number of hydrogen-bond donors (Lipinski definition) is 1. The first-order chi connectivity index (χ1) is 16.8. The number of ether oxygens (including phenoxy) is 1. The first kappa shape index (κ1) is 22.0. The van der Waals surface area contributed by atoms with Gasteiger partial charge in [0.15, 0.2) is 0 Å². The van der Waals surface area contributed by atoms with Gasteiger partial charge in [-0.05, 0) is 12.1 Å². The summed E-state index contributed by atoms with van der Waals surface area (Å²) in [4.78, 5) is 13.5. The number of nitrogens with one attached hydrogen (secondary N) is 1. The molecule has 5 rings (SSSR count). The zero-order chi connectivity index (χ0) is 23.2. The third-order valence-corrected chi connectivity index (χ3v) is 6.16. The second kappa shape index (κ2) is 10.4. The lowest BCUT2D eigenvalue weighted by molar-refractivity contribution is 0.244. The number of anilines is 1. The lowest BCUT2D eigenvalue weighted by Crippen LogP contribution is -2.46. The monoisotopic (exact) mass is 450 g/mol. The van der Waals surface area contributed by atoms with E-state index in [0.29, 0.717) is 6.61 Å². The van der Waals surface area contributed by atoms with E-state index in [1.807, 2.05) is 18.2 Å². The highest BCUT2D eigenvalue weighted by Crippen LogP contribution is 2.30. The number of aromatic nitrogens is 2. The molecule has 1 aliphatic rings. The molecule has 1 fully saturated rings. The van der Waals surface area contributed by atoms with E-state index in [1.165, 1.54) is 5.69 Å². The minimum absolute atomic E-state index is 0.524. The summed E-state index contributed by atoms with van der Waals surface area (Å²) in [5, 5.41) is 0. The molecule has 1 saturated heterocycles. The minimum atomic E-state index is 0.524. The van der Waals surface area contributed by atoms with E-state index in [-0.39, 0.29) is 0 Å². The standard InChI is InChI=1S/C29H30N4O/c1-2-20-34-26-15-9-14-25(21-26)33-18-16-32(17-19-33)22-27-30-28(23-10-5-3-6-11-23)29(31-27)24-12-7-4-8-13-24/h2-15,21H,1,16-20,22H2,(H,30,31). The summed E-state index contributed by atoms with van der Waals surface area (Å²) in [6, 6.07) is 29.2. The summed E-state index contributed by atoms with van der Waals surface area (Å²) in [6.45, 7) is 8.98. The number of H-pyrrole nitrogens is 1. The van der Waals surface area contributed by atoms with Gasteiger partial charge in [0.1, 0.15) is 18.2 Å². The summed E-state index contributed by atoms with van der Waals surface area (Å²) in [5.41, 5.74) is 5.58. The van der Waals surface area contributed by atoms with Gasteiger partial charge in [-0.3, -0.25) is 4.90 Å². The topological polar surface area (TPSA) is 44.4 Å². The van der Waals surface area contributed by atoms with Gasteiger partial charge < -0.3 is 14.6 Å². The van der Waals surface area contributed by atoms with Crippen LogP contribution in [0.3, 0.4) is 0 Å². The number of benzene rings is 3. The summed E-state index contributed by atoms with van der Waals surface area (Å²) in [5.74, 6) is 1.89. The van der Waals surface area contributed by atoms with Crippen molar-refractivity contribution in [1.82, 2.24) is 14.9 Å². The normalized spacial score (nSPS) is 14.2. The Bertz CT molecular complexity index is 1150. The smallest absolute Gasteiger partial charge is 0.121 e. The largest absolute Gasteiger partial charge is 0.489 e. The number of piperazine rings is 1. The molecule has 0 radical (unpaired) electrons. The van der Waals surface area contributed by atoms with Gasteiger partial charge in [0.05, 0.1) is 17.9 Å². The molecule has 34 heavy (non-hydrogen) atoms. The molecular formula is C29H30N4O. The predicted molar refractivity (Wildman–Crippen MR) is 139 cm³/mol. The highest BCUT2D eigenvalue weighted by Gasteiger charge is 2.20. The maximum Gasteiger partial charge on any atom is 0.121 e. The van der Waals surface area contributed by atoms with Gasteiger partial charge in [-0.1, -0.05) is 79.4 Å². The van der Waals surface area contributed by atoms with Crippen molar-refractivity contribution in [3.8, 4) is 28.3 Å². The van der Waals surface area contributed by atoms with E-state index in [1.54, 1.807) is 6.08 Å². The van der Waals surface area contributed by atoms with E-state index in [4.69, 9.17) is 9.72 Å². The molecule has 0 unspecified atom stereocenters. The lowest BCUT2D eigenvalue weighted by Gasteiger charge is -2.35. The van der Waals surface area contributed by atoms with Gasteiger partial charge in [0, 0.05) is 49.1 Å². The molecule has 1 N–H and O–H groups in total. The number of hydrogen-bond acceptors (Lipinski definition) is 4. The van der Waals surface area contributed by atoms with E-state index >= 15 is 0 Å². The third-order valence-electron chi connectivity index (χ3n) is 6.16. The van der Waals surface area contributed by atoms with Gasteiger partial charge in [-0.2, -0.15) is 0 Å². The predicted octanol–water partition coefficient (Wildman–Crippen LogP) is 5.63. The molecule has 0 atom stereocenters. The first-order valence-corrected chi connectivity index (χ1v) is 11.8. The van der Waals surface area contributed by atoms with Crippen LogP contribution in [0.2, 0.25) is 0 Å². The van der Waals surface area contributed by atoms with Gasteiger partial charge in [0.2, 0.25) is 0 Å². The van der Waals surface area contributed by atoms with Crippen LogP contribution >= 0.6 is 0 Å². The maximum absolute atomic E-state index is 5.71. The van der Waals surface area contributed by atoms with Crippen molar-refractivity contribution in [2.75, 3.05) is 37.7 Å². The average Bonchev–Trinajstić information content (AvgIpc) is 3.33. The Balaban J connectivity index is 1.29. The maximum atomic E-state index is 5.71. The van der Waals surface area contributed by atoms with Gasteiger partial charge >= 0.3 is 0 Å². The van der Waals surface area contributed by atoms with Crippen LogP contribution in [0.25, 0.3) is 22.5 Å². The van der Waals surface area contributed by atoms with Crippen LogP contribution in [-0.2, 0) is 6.54 Å². The number of rotatable bonds is 8. The van der Waals surface area contributed by atoms with Crippen molar-refractivity contribution in [2.24, 2.45) is 0 Å². The molecule has 0 aliphatic carbocycles. The van der Waals surface area contributed by atoms with Gasteiger partial charge in [0.25, 0.3) is 0 Å². The van der Waals surface area contributed by atoms with Crippen LogP contribution < -0.4 is 9.64 Å². The molecule has 1 aliphatic heterocycles. The Kier molecular flexibility index (Phi) is 6.73. The minimum Gasteiger partial charge on any atom is -0.489 e. The fourth-order valence-corrected chi connectivity index (χ4v) is 4.42. The molecule has 3 aromatic carbocycles. The van der Waals surface area contributed by atoms with E-state index in [9.17, 15) is 0 Å². The first-order valence-electron chi connectivity index (χ1n) is 11.8. The summed E-state index contributed by atoms with van der Waals surface area (Å²) in [6.07, 6.45) is 1.77. The van der Waals surface area contributed by atoms with Gasteiger partial charge in [-0.25, -0.2) is 4.98 Å². The summed E-state index contributed by atoms with van der Waals surface area (Å²) < 4.78 is 5.71. The van der Waals surface area contributed by atoms with Crippen molar-refractivity contribution in [2.45, 2.75) is 6.54 Å². The van der Waals surface area contributed by atoms with Crippen molar-refractivity contribution < 1.29 is 4.74 Å². The second-order valence-corrected chi connectivity index (χ2v) is 8.50. The van der Waals surface area contributed by atoms with Crippen LogP contribution in [0, 0.1) is 0 Å². The fraction of sp³-hybridized carbons (Fsp3) is 0.207. The number of nitrogens with zero attached hydrogens (tertiary/aromatic N) is 3. The van der Waals surface area contributed by atoms with Crippen LogP contribution in [0.1, 0.15) is 5.82 Å². The third kappa shape index (κ3) is 5.05. The Morgan fingerprint density at radius 3 is 2.26 bits per heavy atom. The SMILES string of the molecule is C=CCOc1cccc(N2CCN(Cc3nc(-c4ccccc4)c(-c4ccccc4)[nH]3)CC2)c1. The molecule has 0 amide bonds. The van der Waals surface area contributed by atoms with E-state index < -0.39 is 0 Å². The molecule has 0 spiro atoms. The summed E-state index contributed by atoms with van der Waals surface area (Å²) in [7, 11) is 0. The van der Waals surface area contributed by atoms with Crippen molar-refractivity contribution in [3.63, 3.8) is 0 Å². The quantitative estimate of drug-likeness (QED) is 0.353. The van der Waals surface area contributed by atoms with E-state index in [2.05, 4.69) is 88.1 Å². The Hall–Kier alpha value is -3.83. The van der Waals surface area contributed by atoms with Crippen LogP contribution in [0.5, 0.6) is 5.75 Å². The van der Waals surface area contributed by atoms with Crippen molar-refractivity contribution in [3.05, 3.63) is 103 Å². The molecule has 5 nitrogen and oxygen atoms in total. The number of aromatic amines is 1. The Morgan fingerprint density at radius 2 is 1.56 bits per heavy atom. The molecule has 1 aromatic heterocycles. The second-order valence-electron chi connectivity index (χ2n) is 8.50. The highest BCUT2D eigenvalue weighted by molar-refractivity contribution is 5.78. The van der Waals surface area contributed by atoms with E-state index in [0.717, 1.165) is 66.8 Å². The average molecular weight is 451 g/mol. The summed E-state index contributed by atoms with van der Waals surface area (Å²) >= 11 is 0. The van der Waals surface area contributed by atoms with Crippen LogP contribution in [0.15, 0.2) is 97.6 Å². The lowest BCUT2D eigenvalue weighted by atomic mass is 10.1. The Labute approximate surface area is 201 Å². The molecule has 172 valence electrons. The molecular weight excluding hydrogens is 420 g/mol. The molecule has 5 heteroatoms. The highest BCUT2D eigenvalue weighted by atomic mass is 16.5. The molecule has 2 heterocycles. The Morgan fingerprint density at radius 1 is 0.853 bits per heavy atom. The van der Waals surface area contributed by atoms with Crippen molar-refractivity contribution in [1.29, 1.82) is 0 Å². The molecule has 0 saturated carbocycles. The zero-order valence-electron chi connectivity index (χ0n) is 19.4. The van der Waals surface area contributed by atoms with Crippen LogP contribution in [0.4, 0.5) is 5.69 Å². The zero-order valence-corrected chi connectivity index (χ0v) is 19.4. The number of imidazole rings is 1. The molecule has 4 aromatic rings. The molecule has 0 bridgehead atoms. The van der Waals surface area contributed by atoms with Gasteiger partial charge in [-0.15, -0.1) is 0 Å². The fourth-order valence-electron chi connectivity index (χ4n) is 4.42. The van der Waals surface area contributed by atoms with Crippen LogP contribution in [-0.4, -0.2) is 47.7 Å². The van der Waals surface area contributed by atoms with Crippen molar-refractivity contribution >= 4 is 5.69 Å².